The number of benzene rings is 8. The molecule has 59 heavy (non-hydrogen) atoms. The maximum atomic E-state index is 5.23. The zero-order chi connectivity index (χ0) is 39.1. The van der Waals surface area contributed by atoms with Gasteiger partial charge in [0.15, 0.2) is 5.82 Å². The largest absolute Gasteiger partial charge is 0.228 e. The summed E-state index contributed by atoms with van der Waals surface area (Å²) in [6.07, 6.45) is 9.03. The first kappa shape index (κ1) is 35.1. The van der Waals surface area contributed by atoms with Crippen molar-refractivity contribution in [3.8, 4) is 78.4 Å². The van der Waals surface area contributed by atoms with Crippen molar-refractivity contribution in [3.05, 3.63) is 224 Å². The second-order valence-corrected chi connectivity index (χ2v) is 16.5. The summed E-state index contributed by atoms with van der Waals surface area (Å²) < 4.78 is 0. The van der Waals surface area contributed by atoms with E-state index in [-0.39, 0.29) is 0 Å². The number of nitrogens with zero attached hydrogens (tertiary/aromatic N) is 2. The highest BCUT2D eigenvalue weighted by Gasteiger charge is 2.32. The van der Waals surface area contributed by atoms with Crippen LogP contribution in [0.2, 0.25) is 0 Å². The fourth-order valence-corrected chi connectivity index (χ4v) is 10.1. The summed E-state index contributed by atoms with van der Waals surface area (Å²) in [6, 6.07) is 69.6. The lowest BCUT2D eigenvalue weighted by Gasteiger charge is -2.14. The number of rotatable bonds is 7. The third kappa shape index (κ3) is 6.70. The van der Waals surface area contributed by atoms with E-state index in [1.54, 1.807) is 0 Å². The Morgan fingerprint density at radius 1 is 0.373 bits per heavy atom. The lowest BCUT2D eigenvalue weighted by atomic mass is 9.90. The molecule has 0 spiro atoms. The molecular formula is C56H38N2S. The summed E-state index contributed by atoms with van der Waals surface area (Å²) in [5.74, 6) is 1.14. The second kappa shape index (κ2) is 15.0. The van der Waals surface area contributed by atoms with Crippen LogP contribution in [0.25, 0.3) is 89.2 Å². The molecule has 8 aromatic carbocycles. The minimum atomic E-state index is 0.434. The summed E-state index contributed by atoms with van der Waals surface area (Å²) in [6.45, 7) is 0. The third-order valence-electron chi connectivity index (χ3n) is 11.7. The van der Waals surface area contributed by atoms with Gasteiger partial charge in [-0.1, -0.05) is 212 Å². The molecule has 2 aliphatic rings. The number of hydrogen-bond donors (Lipinski definition) is 0. The fourth-order valence-electron chi connectivity index (χ4n) is 8.58. The van der Waals surface area contributed by atoms with Gasteiger partial charge in [-0.05, 0) is 66.9 Å². The van der Waals surface area contributed by atoms with E-state index in [1.807, 2.05) is 11.8 Å². The molecule has 0 amide bonds. The SMILES string of the molecule is C1=CC2Sc3c(-c4ccc(-c5nc(-c6ccc(-c7ccc(-c8ccccc8)cc7)cc6)cc(-c6ccc(-c7cccc8ccccc78)cc6)n5)cc4)cccc3C2C=C1. The van der Waals surface area contributed by atoms with Crippen LogP contribution >= 0.6 is 11.8 Å². The van der Waals surface area contributed by atoms with Crippen LogP contribution in [0.1, 0.15) is 11.5 Å². The summed E-state index contributed by atoms with van der Waals surface area (Å²) in [7, 11) is 0. The summed E-state index contributed by atoms with van der Waals surface area (Å²) in [4.78, 5) is 11.8. The van der Waals surface area contributed by atoms with Gasteiger partial charge in [0, 0.05) is 32.8 Å². The van der Waals surface area contributed by atoms with Crippen molar-refractivity contribution in [3.63, 3.8) is 0 Å². The number of fused-ring (bicyclic) bond motifs is 4. The Labute approximate surface area is 349 Å². The van der Waals surface area contributed by atoms with E-state index in [9.17, 15) is 0 Å². The van der Waals surface area contributed by atoms with Crippen molar-refractivity contribution in [2.75, 3.05) is 0 Å². The molecule has 9 aromatic rings. The molecule has 1 aliphatic carbocycles. The summed E-state index contributed by atoms with van der Waals surface area (Å²) >= 11 is 1.98. The molecule has 2 nitrogen and oxygen atoms in total. The van der Waals surface area contributed by atoms with Crippen molar-refractivity contribution in [1.82, 2.24) is 9.97 Å². The Kier molecular flexibility index (Phi) is 8.94. The van der Waals surface area contributed by atoms with Crippen LogP contribution in [-0.2, 0) is 0 Å². The Hall–Kier alpha value is -7.07. The molecule has 1 aromatic heterocycles. The van der Waals surface area contributed by atoms with Gasteiger partial charge in [0.25, 0.3) is 0 Å². The first-order valence-electron chi connectivity index (χ1n) is 20.2. The molecule has 1 aliphatic heterocycles. The van der Waals surface area contributed by atoms with E-state index in [2.05, 4.69) is 218 Å². The van der Waals surface area contributed by atoms with Crippen molar-refractivity contribution < 1.29 is 0 Å². The zero-order valence-corrected chi connectivity index (χ0v) is 33.1. The lowest BCUT2D eigenvalue weighted by Crippen LogP contribution is -2.06. The molecule has 0 saturated carbocycles. The van der Waals surface area contributed by atoms with Gasteiger partial charge >= 0.3 is 0 Å². The van der Waals surface area contributed by atoms with E-state index in [1.165, 1.54) is 65.7 Å². The van der Waals surface area contributed by atoms with Crippen LogP contribution in [0.4, 0.5) is 0 Å². The Morgan fingerprint density at radius 3 is 1.54 bits per heavy atom. The molecule has 278 valence electrons. The van der Waals surface area contributed by atoms with E-state index >= 15 is 0 Å². The second-order valence-electron chi connectivity index (χ2n) is 15.3. The number of hydrogen-bond acceptors (Lipinski definition) is 3. The zero-order valence-electron chi connectivity index (χ0n) is 32.2. The molecule has 2 heterocycles. The molecular weight excluding hydrogens is 733 g/mol. The quantitative estimate of drug-likeness (QED) is 0.161. The Balaban J connectivity index is 0.949. The van der Waals surface area contributed by atoms with Crippen molar-refractivity contribution >= 4 is 22.5 Å². The van der Waals surface area contributed by atoms with Gasteiger partial charge in [-0.3, -0.25) is 0 Å². The molecule has 3 heteroatoms. The van der Waals surface area contributed by atoms with E-state index in [0.717, 1.165) is 28.1 Å². The molecule has 2 atom stereocenters. The minimum Gasteiger partial charge on any atom is -0.228 e. The fraction of sp³-hybridized carbons (Fsp3) is 0.0357. The van der Waals surface area contributed by atoms with Gasteiger partial charge in [-0.15, -0.1) is 11.8 Å². The predicted octanol–water partition coefficient (Wildman–Crippen LogP) is 15.0. The average Bonchev–Trinajstić information content (AvgIpc) is 3.71. The summed E-state index contributed by atoms with van der Waals surface area (Å²) in [5.41, 5.74) is 16.0. The molecule has 0 fully saturated rings. The van der Waals surface area contributed by atoms with E-state index in [4.69, 9.17) is 9.97 Å². The number of aromatic nitrogens is 2. The van der Waals surface area contributed by atoms with Crippen LogP contribution < -0.4 is 0 Å². The minimum absolute atomic E-state index is 0.434. The summed E-state index contributed by atoms with van der Waals surface area (Å²) in [5, 5.41) is 2.95. The van der Waals surface area contributed by atoms with Crippen LogP contribution in [-0.4, -0.2) is 15.2 Å². The van der Waals surface area contributed by atoms with Gasteiger partial charge in [0.05, 0.1) is 11.4 Å². The molecule has 0 radical (unpaired) electrons. The highest BCUT2D eigenvalue weighted by Crippen LogP contribution is 2.51. The van der Waals surface area contributed by atoms with Crippen molar-refractivity contribution in [2.45, 2.75) is 16.1 Å². The smallest absolute Gasteiger partial charge is 0.160 e. The first-order chi connectivity index (χ1) is 29.2. The highest BCUT2D eigenvalue weighted by molar-refractivity contribution is 8.00. The third-order valence-corrected chi connectivity index (χ3v) is 13.1. The standard InChI is InChI=1S/C56H38N2S/c1-2-10-37(11-3-1)38-20-22-39(23-21-38)40-24-30-44(31-25-40)52-36-53(45-32-26-42(27-33-45)48-16-8-13-41-12-4-5-14-47(41)48)58-56(57-52)46-34-28-43(29-35-46)49-17-9-18-51-50-15-6-7-19-54(50)59-55(49)51/h1-36,50,54H. The van der Waals surface area contributed by atoms with E-state index in [0.29, 0.717) is 17.0 Å². The number of allylic oxidation sites excluding steroid dienone is 3. The topological polar surface area (TPSA) is 25.8 Å². The van der Waals surface area contributed by atoms with Crippen LogP contribution in [0.5, 0.6) is 0 Å². The molecule has 2 unspecified atom stereocenters. The molecule has 0 N–H and O–H groups in total. The van der Waals surface area contributed by atoms with Gasteiger partial charge in [0.1, 0.15) is 0 Å². The van der Waals surface area contributed by atoms with E-state index < -0.39 is 0 Å². The van der Waals surface area contributed by atoms with Crippen LogP contribution in [0.15, 0.2) is 223 Å². The molecule has 11 rings (SSSR count). The predicted molar refractivity (Wildman–Crippen MR) is 248 cm³/mol. The van der Waals surface area contributed by atoms with Gasteiger partial charge in [0.2, 0.25) is 0 Å². The van der Waals surface area contributed by atoms with Crippen LogP contribution in [0, 0.1) is 0 Å². The number of thioether (sulfide) groups is 1. The highest BCUT2D eigenvalue weighted by atomic mass is 32.2. The Bertz CT molecular complexity index is 3030. The lowest BCUT2D eigenvalue weighted by molar-refractivity contribution is 0.881. The maximum Gasteiger partial charge on any atom is 0.160 e. The van der Waals surface area contributed by atoms with Crippen LogP contribution in [0.3, 0.4) is 0 Å². The average molecular weight is 771 g/mol. The first-order valence-corrected chi connectivity index (χ1v) is 21.1. The van der Waals surface area contributed by atoms with Crippen molar-refractivity contribution in [1.29, 1.82) is 0 Å². The van der Waals surface area contributed by atoms with Gasteiger partial charge in [-0.25, -0.2) is 9.97 Å². The Morgan fingerprint density at radius 2 is 0.864 bits per heavy atom. The van der Waals surface area contributed by atoms with Gasteiger partial charge in [-0.2, -0.15) is 0 Å². The monoisotopic (exact) mass is 770 g/mol. The molecule has 0 bridgehead atoms. The van der Waals surface area contributed by atoms with Crippen molar-refractivity contribution in [2.24, 2.45) is 0 Å². The molecule has 0 saturated heterocycles. The maximum absolute atomic E-state index is 5.23. The normalized spacial score (nSPS) is 15.3. The van der Waals surface area contributed by atoms with Gasteiger partial charge < -0.3 is 0 Å².